The third kappa shape index (κ3) is 2.64. The number of carbonyl (C=O) groups is 1. The summed E-state index contributed by atoms with van der Waals surface area (Å²) < 4.78 is 0. The predicted octanol–water partition coefficient (Wildman–Crippen LogP) is 1.56. The normalized spacial score (nSPS) is 20.4. The molecule has 1 saturated heterocycles. The molecule has 110 valence electrons. The van der Waals surface area contributed by atoms with Crippen molar-refractivity contribution in [2.24, 2.45) is 5.73 Å². The van der Waals surface area contributed by atoms with Gasteiger partial charge in [-0.2, -0.15) is 0 Å². The lowest BCUT2D eigenvalue weighted by Crippen LogP contribution is -2.48. The highest BCUT2D eigenvalue weighted by Crippen LogP contribution is 2.26. The molecule has 3 rings (SSSR count). The number of aromatic nitrogens is 3. The molecule has 1 amide bonds. The second kappa shape index (κ2) is 5.61. The molecule has 0 radical (unpaired) electrons. The Bertz CT molecular complexity index is 663. The first-order valence-electron chi connectivity index (χ1n) is 6.99. The zero-order valence-electron chi connectivity index (χ0n) is 11.5. The average molecular weight is 287 g/mol. The molecule has 3 N–H and O–H groups in total. The SMILES string of the molecule is NC(c1cnc2cccnc2n1)C1CCCCN1C(=O)O. The van der Waals surface area contributed by atoms with E-state index in [1.165, 1.54) is 4.90 Å². The molecule has 2 unspecified atom stereocenters. The van der Waals surface area contributed by atoms with Crippen LogP contribution in [-0.2, 0) is 0 Å². The lowest BCUT2D eigenvalue weighted by Gasteiger charge is -2.36. The molecule has 0 aliphatic carbocycles. The van der Waals surface area contributed by atoms with Crippen LogP contribution in [0.1, 0.15) is 31.0 Å². The Morgan fingerprint density at radius 2 is 2.29 bits per heavy atom. The molecule has 2 aromatic rings. The standard InChI is InChI=1S/C14H17N5O2/c15-12(11-5-1-2-7-19(11)14(20)21)10-8-17-9-4-3-6-16-13(9)18-10/h3-4,6,8,11-12H,1-2,5,7,15H2,(H,20,21). The summed E-state index contributed by atoms with van der Waals surface area (Å²) in [6.07, 6.45) is 4.93. The fourth-order valence-corrected chi connectivity index (χ4v) is 2.79. The topological polar surface area (TPSA) is 105 Å². The number of carboxylic acid groups (broad SMARTS) is 1. The van der Waals surface area contributed by atoms with Crippen LogP contribution in [0.4, 0.5) is 4.79 Å². The molecule has 2 atom stereocenters. The molecule has 7 nitrogen and oxygen atoms in total. The minimum absolute atomic E-state index is 0.258. The molecule has 0 saturated carbocycles. The van der Waals surface area contributed by atoms with Crippen LogP contribution >= 0.6 is 0 Å². The molecule has 21 heavy (non-hydrogen) atoms. The van der Waals surface area contributed by atoms with Gasteiger partial charge in [-0.25, -0.2) is 14.8 Å². The van der Waals surface area contributed by atoms with Crippen LogP contribution in [0.25, 0.3) is 11.2 Å². The molecule has 1 aliphatic rings. The molecule has 1 aliphatic heterocycles. The Morgan fingerprint density at radius 1 is 1.43 bits per heavy atom. The van der Waals surface area contributed by atoms with Crippen molar-refractivity contribution in [2.75, 3.05) is 6.54 Å². The van der Waals surface area contributed by atoms with E-state index in [2.05, 4.69) is 15.0 Å². The summed E-state index contributed by atoms with van der Waals surface area (Å²) in [5.74, 6) is 0. The zero-order valence-corrected chi connectivity index (χ0v) is 11.5. The van der Waals surface area contributed by atoms with Crippen LogP contribution in [0.3, 0.4) is 0 Å². The number of likely N-dealkylation sites (tertiary alicyclic amines) is 1. The smallest absolute Gasteiger partial charge is 0.407 e. The number of pyridine rings is 1. The Kier molecular flexibility index (Phi) is 3.66. The first-order valence-corrected chi connectivity index (χ1v) is 6.99. The fraction of sp³-hybridized carbons (Fsp3) is 0.429. The fourth-order valence-electron chi connectivity index (χ4n) is 2.79. The molecular weight excluding hydrogens is 270 g/mol. The van der Waals surface area contributed by atoms with Gasteiger partial charge in [-0.05, 0) is 31.4 Å². The van der Waals surface area contributed by atoms with E-state index in [0.29, 0.717) is 23.4 Å². The second-order valence-electron chi connectivity index (χ2n) is 5.21. The van der Waals surface area contributed by atoms with Gasteiger partial charge in [0.25, 0.3) is 0 Å². The Hall–Kier alpha value is -2.28. The summed E-state index contributed by atoms with van der Waals surface area (Å²) in [5.41, 5.74) is 8.07. The molecule has 1 fully saturated rings. The number of nitrogens with zero attached hydrogens (tertiary/aromatic N) is 4. The molecule has 3 heterocycles. The van der Waals surface area contributed by atoms with Gasteiger partial charge >= 0.3 is 6.09 Å². The van der Waals surface area contributed by atoms with E-state index in [-0.39, 0.29) is 6.04 Å². The van der Waals surface area contributed by atoms with Crippen LogP contribution < -0.4 is 5.73 Å². The van der Waals surface area contributed by atoms with Gasteiger partial charge in [-0.3, -0.25) is 4.98 Å². The van der Waals surface area contributed by atoms with Gasteiger partial charge in [0.15, 0.2) is 5.65 Å². The predicted molar refractivity (Wildman–Crippen MR) is 76.6 cm³/mol. The number of rotatable bonds is 2. The van der Waals surface area contributed by atoms with Crippen LogP contribution in [0.15, 0.2) is 24.5 Å². The summed E-state index contributed by atoms with van der Waals surface area (Å²) >= 11 is 0. The van der Waals surface area contributed by atoms with E-state index in [1.54, 1.807) is 18.5 Å². The third-order valence-corrected chi connectivity index (χ3v) is 3.89. The Morgan fingerprint density at radius 3 is 3.10 bits per heavy atom. The maximum Gasteiger partial charge on any atom is 0.407 e. The van der Waals surface area contributed by atoms with Gasteiger partial charge in [0.05, 0.1) is 24.0 Å². The lowest BCUT2D eigenvalue weighted by atomic mass is 9.94. The highest BCUT2D eigenvalue weighted by atomic mass is 16.4. The van der Waals surface area contributed by atoms with Crippen molar-refractivity contribution in [1.82, 2.24) is 19.9 Å². The highest BCUT2D eigenvalue weighted by Gasteiger charge is 2.32. The van der Waals surface area contributed by atoms with E-state index >= 15 is 0 Å². The minimum atomic E-state index is -0.929. The molecule has 0 spiro atoms. The summed E-state index contributed by atoms with van der Waals surface area (Å²) in [4.78, 5) is 25.6. The van der Waals surface area contributed by atoms with E-state index < -0.39 is 12.1 Å². The molecule has 2 aromatic heterocycles. The van der Waals surface area contributed by atoms with Gasteiger partial charge in [-0.1, -0.05) is 0 Å². The van der Waals surface area contributed by atoms with Crippen molar-refractivity contribution in [3.05, 3.63) is 30.2 Å². The average Bonchev–Trinajstić information content (AvgIpc) is 2.53. The van der Waals surface area contributed by atoms with Crippen LogP contribution in [0.2, 0.25) is 0 Å². The van der Waals surface area contributed by atoms with Gasteiger partial charge < -0.3 is 15.7 Å². The van der Waals surface area contributed by atoms with Gasteiger partial charge in [-0.15, -0.1) is 0 Å². The Labute approximate surface area is 121 Å². The molecule has 0 bridgehead atoms. The van der Waals surface area contributed by atoms with E-state index in [0.717, 1.165) is 19.3 Å². The number of hydrogen-bond acceptors (Lipinski definition) is 5. The van der Waals surface area contributed by atoms with Gasteiger partial charge in [0, 0.05) is 12.7 Å². The van der Waals surface area contributed by atoms with Crippen molar-refractivity contribution in [2.45, 2.75) is 31.3 Å². The maximum atomic E-state index is 11.3. The summed E-state index contributed by atoms with van der Waals surface area (Å²) in [6, 6.07) is 2.88. The Balaban J connectivity index is 1.91. The molecule has 7 heteroatoms. The van der Waals surface area contributed by atoms with Gasteiger partial charge in [0.1, 0.15) is 5.52 Å². The van der Waals surface area contributed by atoms with Gasteiger partial charge in [0.2, 0.25) is 0 Å². The highest BCUT2D eigenvalue weighted by molar-refractivity contribution is 5.69. The third-order valence-electron chi connectivity index (χ3n) is 3.89. The molecular formula is C14H17N5O2. The van der Waals surface area contributed by atoms with E-state index in [1.807, 2.05) is 6.07 Å². The summed E-state index contributed by atoms with van der Waals surface area (Å²) in [5, 5.41) is 9.30. The van der Waals surface area contributed by atoms with E-state index in [9.17, 15) is 9.90 Å². The van der Waals surface area contributed by atoms with Crippen LogP contribution in [-0.4, -0.2) is 43.6 Å². The minimum Gasteiger partial charge on any atom is -0.465 e. The number of amides is 1. The van der Waals surface area contributed by atoms with Crippen molar-refractivity contribution in [1.29, 1.82) is 0 Å². The van der Waals surface area contributed by atoms with Crippen LogP contribution in [0.5, 0.6) is 0 Å². The number of fused-ring (bicyclic) bond motifs is 1. The maximum absolute atomic E-state index is 11.3. The number of piperidine rings is 1. The number of hydrogen-bond donors (Lipinski definition) is 2. The van der Waals surface area contributed by atoms with Crippen molar-refractivity contribution in [3.63, 3.8) is 0 Å². The van der Waals surface area contributed by atoms with Crippen molar-refractivity contribution < 1.29 is 9.90 Å². The first kappa shape index (κ1) is 13.7. The monoisotopic (exact) mass is 287 g/mol. The van der Waals surface area contributed by atoms with Crippen molar-refractivity contribution >= 4 is 17.3 Å². The second-order valence-corrected chi connectivity index (χ2v) is 5.21. The first-order chi connectivity index (χ1) is 10.2. The number of nitrogens with two attached hydrogens (primary N) is 1. The zero-order chi connectivity index (χ0) is 14.8. The van der Waals surface area contributed by atoms with Crippen LogP contribution in [0, 0.1) is 0 Å². The largest absolute Gasteiger partial charge is 0.465 e. The quantitative estimate of drug-likeness (QED) is 0.868. The summed E-state index contributed by atoms with van der Waals surface area (Å²) in [6.45, 7) is 0.521. The lowest BCUT2D eigenvalue weighted by molar-refractivity contribution is 0.0961. The summed E-state index contributed by atoms with van der Waals surface area (Å²) in [7, 11) is 0. The van der Waals surface area contributed by atoms with E-state index in [4.69, 9.17) is 5.73 Å². The van der Waals surface area contributed by atoms with Crippen molar-refractivity contribution in [3.8, 4) is 0 Å². The molecule has 0 aromatic carbocycles.